The Labute approximate surface area is 139 Å². The van der Waals surface area contributed by atoms with Crippen LogP contribution in [0.25, 0.3) is 10.8 Å². The van der Waals surface area contributed by atoms with Gasteiger partial charge in [0.15, 0.2) is 0 Å². The first kappa shape index (κ1) is 15.7. The maximum absolute atomic E-state index is 12.1. The molecule has 0 aliphatic rings. The van der Waals surface area contributed by atoms with Crippen molar-refractivity contribution in [1.29, 1.82) is 0 Å². The number of benzene rings is 2. The molecule has 2 amide bonds. The average molecular weight is 319 g/mol. The molecule has 0 unspecified atom stereocenters. The van der Waals surface area contributed by atoms with E-state index in [0.717, 1.165) is 16.3 Å². The van der Waals surface area contributed by atoms with Gasteiger partial charge in [-0.3, -0.25) is 9.59 Å². The van der Waals surface area contributed by atoms with Crippen molar-refractivity contribution in [2.75, 3.05) is 11.9 Å². The van der Waals surface area contributed by atoms with Crippen LogP contribution in [0.3, 0.4) is 0 Å². The second kappa shape index (κ2) is 7.37. The zero-order valence-electron chi connectivity index (χ0n) is 13.0. The first-order valence-corrected chi connectivity index (χ1v) is 7.66. The van der Waals surface area contributed by atoms with Crippen LogP contribution in [0.5, 0.6) is 0 Å². The van der Waals surface area contributed by atoms with Crippen LogP contribution in [0.15, 0.2) is 66.9 Å². The topological polar surface area (TPSA) is 71.1 Å². The summed E-state index contributed by atoms with van der Waals surface area (Å²) in [5.74, 6) is -0.0340. The number of carbonyl (C=O) groups excluding carboxylic acids is 2. The lowest BCUT2D eigenvalue weighted by Gasteiger charge is -2.08. The number of hydrogen-bond acceptors (Lipinski definition) is 3. The summed E-state index contributed by atoms with van der Waals surface area (Å²) in [4.78, 5) is 27.9. The van der Waals surface area contributed by atoms with Gasteiger partial charge in [0.25, 0.3) is 0 Å². The van der Waals surface area contributed by atoms with Crippen LogP contribution in [0.4, 0.5) is 5.82 Å². The summed E-state index contributed by atoms with van der Waals surface area (Å²) in [5.41, 5.74) is 0.940. The van der Waals surface area contributed by atoms with Crippen LogP contribution in [-0.2, 0) is 16.0 Å². The van der Waals surface area contributed by atoms with Gasteiger partial charge >= 0.3 is 0 Å². The lowest BCUT2D eigenvalue weighted by Crippen LogP contribution is -2.33. The van der Waals surface area contributed by atoms with E-state index in [1.54, 1.807) is 24.4 Å². The zero-order valence-corrected chi connectivity index (χ0v) is 13.0. The summed E-state index contributed by atoms with van der Waals surface area (Å²) >= 11 is 0. The second-order valence-electron chi connectivity index (χ2n) is 5.35. The molecule has 0 spiro atoms. The number of anilines is 1. The highest BCUT2D eigenvalue weighted by Gasteiger charge is 2.09. The van der Waals surface area contributed by atoms with Gasteiger partial charge in [-0.2, -0.15) is 0 Å². The van der Waals surface area contributed by atoms with Crippen LogP contribution >= 0.6 is 0 Å². The van der Waals surface area contributed by atoms with Crippen molar-refractivity contribution in [3.05, 3.63) is 72.4 Å². The third-order valence-corrected chi connectivity index (χ3v) is 3.61. The smallest absolute Gasteiger partial charge is 0.244 e. The summed E-state index contributed by atoms with van der Waals surface area (Å²) < 4.78 is 0. The summed E-state index contributed by atoms with van der Waals surface area (Å²) in [6, 6.07) is 19.0. The van der Waals surface area contributed by atoms with E-state index >= 15 is 0 Å². The Hall–Kier alpha value is -3.21. The van der Waals surface area contributed by atoms with Gasteiger partial charge in [0, 0.05) is 6.20 Å². The zero-order chi connectivity index (χ0) is 16.8. The third-order valence-electron chi connectivity index (χ3n) is 3.61. The lowest BCUT2D eigenvalue weighted by atomic mass is 10.0. The van der Waals surface area contributed by atoms with Crippen LogP contribution in [0.2, 0.25) is 0 Å². The quantitative estimate of drug-likeness (QED) is 0.759. The maximum atomic E-state index is 12.1. The number of amides is 2. The van der Waals surface area contributed by atoms with E-state index in [1.165, 1.54) is 0 Å². The van der Waals surface area contributed by atoms with Gasteiger partial charge in [-0.05, 0) is 28.5 Å². The molecular formula is C19H17N3O2. The average Bonchev–Trinajstić information content (AvgIpc) is 2.61. The Balaban J connectivity index is 1.56. The van der Waals surface area contributed by atoms with Gasteiger partial charge in [-0.25, -0.2) is 4.98 Å². The van der Waals surface area contributed by atoms with E-state index < -0.39 is 0 Å². The molecule has 0 aliphatic heterocycles. The highest BCUT2D eigenvalue weighted by molar-refractivity contribution is 5.95. The molecule has 3 aromatic rings. The number of aromatic nitrogens is 1. The van der Waals surface area contributed by atoms with Crippen LogP contribution < -0.4 is 10.6 Å². The van der Waals surface area contributed by atoms with E-state index in [4.69, 9.17) is 0 Å². The first-order chi connectivity index (χ1) is 11.7. The van der Waals surface area contributed by atoms with Gasteiger partial charge < -0.3 is 10.6 Å². The predicted octanol–water partition coefficient (Wildman–Crippen LogP) is 2.53. The Bertz CT molecular complexity index is 857. The van der Waals surface area contributed by atoms with Gasteiger partial charge in [-0.15, -0.1) is 0 Å². The molecule has 5 nitrogen and oxygen atoms in total. The summed E-state index contributed by atoms with van der Waals surface area (Å²) in [6.07, 6.45) is 1.83. The molecule has 2 N–H and O–H groups in total. The molecule has 2 aromatic carbocycles. The molecule has 0 radical (unpaired) electrons. The van der Waals surface area contributed by atoms with Crippen molar-refractivity contribution in [2.45, 2.75) is 6.42 Å². The fraction of sp³-hybridized carbons (Fsp3) is 0.105. The molecule has 24 heavy (non-hydrogen) atoms. The molecule has 1 aromatic heterocycles. The molecule has 0 bridgehead atoms. The molecule has 5 heteroatoms. The molecule has 0 atom stereocenters. The van der Waals surface area contributed by atoms with E-state index in [1.807, 2.05) is 42.5 Å². The summed E-state index contributed by atoms with van der Waals surface area (Å²) in [7, 11) is 0. The standard InChI is InChI=1S/C19H17N3O2/c23-18(21-13-19(24)22-17-10-3-4-11-20-17)12-15-8-5-7-14-6-1-2-9-16(14)15/h1-11H,12-13H2,(H,21,23)(H,20,22,24). The van der Waals surface area contributed by atoms with Gasteiger partial charge in [0.2, 0.25) is 11.8 Å². The molecule has 3 rings (SSSR count). The predicted molar refractivity (Wildman–Crippen MR) is 93.5 cm³/mol. The largest absolute Gasteiger partial charge is 0.347 e. The van der Waals surface area contributed by atoms with Crippen molar-refractivity contribution < 1.29 is 9.59 Å². The SMILES string of the molecule is O=C(Cc1cccc2ccccc12)NCC(=O)Nc1ccccn1. The number of nitrogens with one attached hydrogen (secondary N) is 2. The summed E-state index contributed by atoms with van der Waals surface area (Å²) in [6.45, 7) is -0.0832. The Morgan fingerprint density at radius 2 is 1.67 bits per heavy atom. The fourth-order valence-electron chi connectivity index (χ4n) is 2.48. The Kier molecular flexibility index (Phi) is 4.81. The fourth-order valence-corrected chi connectivity index (χ4v) is 2.48. The normalized spacial score (nSPS) is 10.3. The second-order valence-corrected chi connectivity index (χ2v) is 5.35. The number of pyridine rings is 1. The molecule has 0 saturated carbocycles. The molecule has 0 fully saturated rings. The van der Waals surface area contributed by atoms with Crippen molar-refractivity contribution >= 4 is 28.4 Å². The molecular weight excluding hydrogens is 302 g/mol. The monoisotopic (exact) mass is 319 g/mol. The minimum atomic E-state index is -0.306. The van der Waals surface area contributed by atoms with Gasteiger partial charge in [0.1, 0.15) is 5.82 Å². The first-order valence-electron chi connectivity index (χ1n) is 7.66. The number of hydrogen-bond donors (Lipinski definition) is 2. The number of nitrogens with zero attached hydrogens (tertiary/aromatic N) is 1. The third kappa shape index (κ3) is 3.95. The minimum Gasteiger partial charge on any atom is -0.347 e. The van der Waals surface area contributed by atoms with Gasteiger partial charge in [0.05, 0.1) is 13.0 Å². The van der Waals surface area contributed by atoms with Crippen molar-refractivity contribution in [3.8, 4) is 0 Å². The Morgan fingerprint density at radius 3 is 2.50 bits per heavy atom. The number of fused-ring (bicyclic) bond motifs is 1. The lowest BCUT2D eigenvalue weighted by molar-refractivity contribution is -0.123. The van der Waals surface area contributed by atoms with Gasteiger partial charge in [-0.1, -0.05) is 48.5 Å². The maximum Gasteiger partial charge on any atom is 0.244 e. The Morgan fingerprint density at radius 1 is 0.875 bits per heavy atom. The van der Waals surface area contributed by atoms with Crippen LogP contribution in [-0.4, -0.2) is 23.3 Å². The van der Waals surface area contributed by atoms with Crippen molar-refractivity contribution in [3.63, 3.8) is 0 Å². The number of carbonyl (C=O) groups is 2. The highest BCUT2D eigenvalue weighted by atomic mass is 16.2. The molecule has 0 aliphatic carbocycles. The van der Waals surface area contributed by atoms with E-state index in [2.05, 4.69) is 15.6 Å². The molecule has 120 valence electrons. The number of rotatable bonds is 5. The summed E-state index contributed by atoms with van der Waals surface area (Å²) in [5, 5.41) is 7.41. The van der Waals surface area contributed by atoms with Crippen molar-refractivity contribution in [1.82, 2.24) is 10.3 Å². The van der Waals surface area contributed by atoms with Crippen LogP contribution in [0, 0.1) is 0 Å². The van der Waals surface area contributed by atoms with Crippen LogP contribution in [0.1, 0.15) is 5.56 Å². The van der Waals surface area contributed by atoms with E-state index in [0.29, 0.717) is 5.82 Å². The highest BCUT2D eigenvalue weighted by Crippen LogP contribution is 2.18. The minimum absolute atomic E-state index is 0.0832. The van der Waals surface area contributed by atoms with E-state index in [-0.39, 0.29) is 24.8 Å². The van der Waals surface area contributed by atoms with E-state index in [9.17, 15) is 9.59 Å². The van der Waals surface area contributed by atoms with Crippen molar-refractivity contribution in [2.24, 2.45) is 0 Å². The molecule has 0 saturated heterocycles. The molecule has 1 heterocycles.